The summed E-state index contributed by atoms with van der Waals surface area (Å²) in [6, 6.07) is 18.7. The molecule has 3 rings (SSSR count). The van der Waals surface area contributed by atoms with E-state index < -0.39 is 0 Å². The molecule has 0 bridgehead atoms. The van der Waals surface area contributed by atoms with E-state index in [1.807, 2.05) is 24.3 Å². The first kappa shape index (κ1) is 16.9. The van der Waals surface area contributed by atoms with Gasteiger partial charge in [-0.15, -0.1) is 0 Å². The van der Waals surface area contributed by atoms with Crippen molar-refractivity contribution in [2.75, 3.05) is 26.7 Å². The Morgan fingerprint density at radius 2 is 1.75 bits per heavy atom. The summed E-state index contributed by atoms with van der Waals surface area (Å²) < 4.78 is 5.43. The Morgan fingerprint density at radius 3 is 2.46 bits per heavy atom. The highest BCUT2D eigenvalue weighted by Gasteiger charge is 2.33. The van der Waals surface area contributed by atoms with E-state index in [-0.39, 0.29) is 5.41 Å². The zero-order valence-electron chi connectivity index (χ0n) is 14.0. The highest BCUT2D eigenvalue weighted by Crippen LogP contribution is 2.33. The molecule has 0 radical (unpaired) electrons. The minimum absolute atomic E-state index is 0.124. The second kappa shape index (κ2) is 7.77. The van der Waals surface area contributed by atoms with Crippen molar-refractivity contribution < 1.29 is 4.74 Å². The Morgan fingerprint density at radius 1 is 1.08 bits per heavy atom. The van der Waals surface area contributed by atoms with E-state index in [0.29, 0.717) is 0 Å². The van der Waals surface area contributed by atoms with Crippen LogP contribution in [0.25, 0.3) is 0 Å². The van der Waals surface area contributed by atoms with E-state index in [2.05, 4.69) is 41.0 Å². The third-order valence-electron chi connectivity index (χ3n) is 4.89. The Kier molecular flexibility index (Phi) is 5.48. The molecule has 1 aliphatic heterocycles. The molecule has 1 saturated heterocycles. The lowest BCUT2D eigenvalue weighted by Crippen LogP contribution is -2.47. The Labute approximate surface area is 149 Å². The molecule has 0 aliphatic carbocycles. The zero-order chi connectivity index (χ0) is 16.8. The maximum absolute atomic E-state index is 5.64. The van der Waals surface area contributed by atoms with Gasteiger partial charge >= 0.3 is 0 Å². The number of piperidine rings is 1. The fourth-order valence-electron chi connectivity index (χ4n) is 3.44. The van der Waals surface area contributed by atoms with Crippen LogP contribution in [0.3, 0.4) is 0 Å². The predicted molar refractivity (Wildman–Crippen MR) is 103 cm³/mol. The summed E-state index contributed by atoms with van der Waals surface area (Å²) in [5.41, 5.74) is 2.47. The third kappa shape index (κ3) is 3.60. The van der Waals surface area contributed by atoms with Gasteiger partial charge in [0, 0.05) is 12.0 Å². The van der Waals surface area contributed by atoms with E-state index in [9.17, 15) is 0 Å². The largest absolute Gasteiger partial charge is 0.496 e. The van der Waals surface area contributed by atoms with Gasteiger partial charge < -0.3 is 15.4 Å². The number of nitrogens with one attached hydrogen (secondary N) is 2. The molecule has 2 aromatic rings. The number of methoxy groups -OCH3 is 1. The van der Waals surface area contributed by atoms with Crippen molar-refractivity contribution in [3.8, 4) is 5.75 Å². The molecule has 0 spiro atoms. The Balaban J connectivity index is 1.78. The van der Waals surface area contributed by atoms with Crippen LogP contribution in [0.1, 0.15) is 24.0 Å². The van der Waals surface area contributed by atoms with Crippen molar-refractivity contribution in [2.24, 2.45) is 0 Å². The summed E-state index contributed by atoms with van der Waals surface area (Å²) in [7, 11) is 1.68. The molecule has 0 atom stereocenters. The van der Waals surface area contributed by atoms with E-state index in [4.69, 9.17) is 17.0 Å². The minimum Gasteiger partial charge on any atom is -0.496 e. The molecule has 0 amide bonds. The molecule has 126 valence electrons. The number of ether oxygens (including phenoxy) is 1. The van der Waals surface area contributed by atoms with Crippen LogP contribution >= 0.6 is 12.2 Å². The van der Waals surface area contributed by atoms with Gasteiger partial charge in [0.05, 0.1) is 12.7 Å². The van der Waals surface area contributed by atoms with E-state index >= 15 is 0 Å². The lowest BCUT2D eigenvalue weighted by molar-refractivity contribution is 0.306. The van der Waals surface area contributed by atoms with Gasteiger partial charge in [0.2, 0.25) is 0 Å². The van der Waals surface area contributed by atoms with Gasteiger partial charge in [-0.05, 0) is 43.6 Å². The van der Waals surface area contributed by atoms with Gasteiger partial charge in [-0.25, -0.2) is 0 Å². The number of hydrogen-bond donors (Lipinski definition) is 2. The first-order chi connectivity index (χ1) is 11.7. The maximum Gasteiger partial charge on any atom is 0.129 e. The van der Waals surface area contributed by atoms with Crippen LogP contribution in [0.15, 0.2) is 54.6 Å². The first-order valence-corrected chi connectivity index (χ1v) is 8.83. The van der Waals surface area contributed by atoms with Crippen molar-refractivity contribution in [1.29, 1.82) is 0 Å². The highest BCUT2D eigenvalue weighted by atomic mass is 32.1. The van der Waals surface area contributed by atoms with Gasteiger partial charge in [-0.2, -0.15) is 0 Å². The van der Waals surface area contributed by atoms with Gasteiger partial charge in [-0.1, -0.05) is 54.7 Å². The second-order valence-corrected chi connectivity index (χ2v) is 6.69. The molecule has 24 heavy (non-hydrogen) atoms. The number of hydrogen-bond acceptors (Lipinski definition) is 3. The molecule has 2 N–H and O–H groups in total. The van der Waals surface area contributed by atoms with Gasteiger partial charge in [0.25, 0.3) is 0 Å². The molecular weight excluding hydrogens is 316 g/mol. The summed E-state index contributed by atoms with van der Waals surface area (Å²) in [6.45, 7) is 2.92. The van der Waals surface area contributed by atoms with Crippen molar-refractivity contribution in [2.45, 2.75) is 18.3 Å². The Bertz CT molecular complexity index is 681. The summed E-state index contributed by atoms with van der Waals surface area (Å²) in [5, 5.41) is 6.97. The average molecular weight is 340 g/mol. The van der Waals surface area contributed by atoms with Crippen molar-refractivity contribution in [1.82, 2.24) is 10.6 Å². The fraction of sp³-hybridized carbons (Fsp3) is 0.350. The van der Waals surface area contributed by atoms with Crippen LogP contribution in [-0.2, 0) is 5.41 Å². The second-order valence-electron chi connectivity index (χ2n) is 6.28. The van der Waals surface area contributed by atoms with Crippen LogP contribution in [-0.4, -0.2) is 31.7 Å². The minimum atomic E-state index is 0.124. The molecule has 1 heterocycles. The summed E-state index contributed by atoms with van der Waals surface area (Å²) >= 11 is 5.64. The van der Waals surface area contributed by atoms with Crippen molar-refractivity contribution in [3.05, 3.63) is 65.7 Å². The molecule has 1 fully saturated rings. The zero-order valence-corrected chi connectivity index (χ0v) is 14.9. The highest BCUT2D eigenvalue weighted by molar-refractivity contribution is 7.80. The molecule has 0 aromatic heterocycles. The Hall–Kier alpha value is -1.91. The summed E-state index contributed by atoms with van der Waals surface area (Å²) in [6.07, 6.45) is 2.22. The quantitative estimate of drug-likeness (QED) is 0.819. The maximum atomic E-state index is 5.64. The predicted octanol–water partition coefficient (Wildman–Crippen LogP) is 3.28. The summed E-state index contributed by atoms with van der Waals surface area (Å²) in [4.78, 5) is 0.751. The fourth-order valence-corrected chi connectivity index (χ4v) is 3.68. The van der Waals surface area contributed by atoms with Crippen molar-refractivity contribution in [3.63, 3.8) is 0 Å². The van der Waals surface area contributed by atoms with E-state index in [1.54, 1.807) is 7.11 Å². The molecule has 4 heteroatoms. The molecule has 0 unspecified atom stereocenters. The number of thiocarbonyl (C=S) groups is 1. The van der Waals surface area contributed by atoms with Crippen LogP contribution < -0.4 is 15.4 Å². The lowest BCUT2D eigenvalue weighted by atomic mass is 9.73. The monoisotopic (exact) mass is 340 g/mol. The standard InChI is InChI=1S/C20H24N2OS/c1-23-18-10-6-5-9-17(18)19(24)22-15-20(11-13-21-14-12-20)16-7-3-2-4-8-16/h2-10,21H,11-15H2,1H3,(H,22,24). The van der Waals surface area contributed by atoms with Crippen LogP contribution in [0.4, 0.5) is 0 Å². The lowest BCUT2D eigenvalue weighted by Gasteiger charge is -2.38. The van der Waals surface area contributed by atoms with Crippen molar-refractivity contribution >= 4 is 17.2 Å². The third-order valence-corrected chi connectivity index (χ3v) is 5.25. The number of benzene rings is 2. The van der Waals surface area contributed by atoms with Gasteiger partial charge in [0.1, 0.15) is 10.7 Å². The molecule has 1 aliphatic rings. The number of para-hydroxylation sites is 1. The summed E-state index contributed by atoms with van der Waals surface area (Å²) in [5.74, 6) is 0.814. The molecule has 3 nitrogen and oxygen atoms in total. The first-order valence-electron chi connectivity index (χ1n) is 8.43. The molecule has 2 aromatic carbocycles. The SMILES string of the molecule is COc1ccccc1C(=S)NCC1(c2ccccc2)CCNCC1. The van der Waals surface area contributed by atoms with E-state index in [1.165, 1.54) is 5.56 Å². The smallest absolute Gasteiger partial charge is 0.129 e. The molecule has 0 saturated carbocycles. The van der Waals surface area contributed by atoms with Crippen LogP contribution in [0.2, 0.25) is 0 Å². The van der Waals surface area contributed by atoms with Crippen LogP contribution in [0, 0.1) is 0 Å². The number of rotatable bonds is 5. The van der Waals surface area contributed by atoms with Gasteiger partial charge in [0.15, 0.2) is 0 Å². The van der Waals surface area contributed by atoms with E-state index in [0.717, 1.165) is 48.8 Å². The van der Waals surface area contributed by atoms with Gasteiger partial charge in [-0.3, -0.25) is 0 Å². The van der Waals surface area contributed by atoms with Crippen LogP contribution in [0.5, 0.6) is 5.75 Å². The molecular formula is C20H24N2OS. The topological polar surface area (TPSA) is 33.3 Å². The average Bonchev–Trinajstić information content (AvgIpc) is 2.67. The normalized spacial score (nSPS) is 16.4.